The summed E-state index contributed by atoms with van der Waals surface area (Å²) in [7, 11) is 0. The standard InChI is InChI=1S/C24H22N2O3S/c27-23-16-30-22-11-10-20(12-21(22)26-23)24(28)25-13-17-6-8-19(9-7-17)15-29-14-18-4-2-1-3-5-18/h1-12H,13-16H2,(H,25,28)(H,26,27). The molecule has 2 N–H and O–H groups in total. The summed E-state index contributed by atoms with van der Waals surface area (Å²) in [5.74, 6) is 0.196. The molecule has 0 fully saturated rings. The molecule has 0 unspecified atom stereocenters. The van der Waals surface area contributed by atoms with E-state index in [9.17, 15) is 9.59 Å². The number of rotatable bonds is 7. The molecule has 30 heavy (non-hydrogen) atoms. The van der Waals surface area contributed by atoms with Gasteiger partial charge < -0.3 is 15.4 Å². The van der Waals surface area contributed by atoms with Crippen LogP contribution in [0.1, 0.15) is 27.0 Å². The predicted octanol–water partition coefficient (Wildman–Crippen LogP) is 4.38. The lowest BCUT2D eigenvalue weighted by molar-refractivity contribution is -0.113. The van der Waals surface area contributed by atoms with Crippen molar-refractivity contribution in [3.05, 3.63) is 95.1 Å². The Labute approximate surface area is 179 Å². The van der Waals surface area contributed by atoms with Crippen LogP contribution >= 0.6 is 11.8 Å². The second-order valence-electron chi connectivity index (χ2n) is 7.03. The number of carbonyl (C=O) groups excluding carboxylic acids is 2. The zero-order chi connectivity index (χ0) is 20.8. The summed E-state index contributed by atoms with van der Waals surface area (Å²) >= 11 is 1.48. The van der Waals surface area contributed by atoms with E-state index >= 15 is 0 Å². The molecule has 0 aliphatic carbocycles. The Hall–Kier alpha value is -3.09. The van der Waals surface area contributed by atoms with E-state index < -0.39 is 0 Å². The smallest absolute Gasteiger partial charge is 0.251 e. The fourth-order valence-corrected chi connectivity index (χ4v) is 3.91. The van der Waals surface area contributed by atoms with Gasteiger partial charge in [-0.05, 0) is 34.9 Å². The minimum Gasteiger partial charge on any atom is -0.372 e. The molecule has 0 bridgehead atoms. The van der Waals surface area contributed by atoms with Crippen LogP contribution < -0.4 is 10.6 Å². The molecular weight excluding hydrogens is 396 g/mol. The fourth-order valence-electron chi connectivity index (χ4n) is 3.12. The fraction of sp³-hybridized carbons (Fsp3) is 0.167. The van der Waals surface area contributed by atoms with Crippen LogP contribution in [0.2, 0.25) is 0 Å². The largest absolute Gasteiger partial charge is 0.372 e. The Morgan fingerprint density at radius 2 is 1.63 bits per heavy atom. The van der Waals surface area contributed by atoms with Crippen molar-refractivity contribution < 1.29 is 14.3 Å². The number of anilines is 1. The van der Waals surface area contributed by atoms with Crippen molar-refractivity contribution in [1.82, 2.24) is 5.32 Å². The van der Waals surface area contributed by atoms with Crippen LogP contribution in [0.3, 0.4) is 0 Å². The number of amides is 2. The van der Waals surface area contributed by atoms with Gasteiger partial charge >= 0.3 is 0 Å². The number of thioether (sulfide) groups is 1. The lowest BCUT2D eigenvalue weighted by Crippen LogP contribution is -2.24. The van der Waals surface area contributed by atoms with E-state index in [1.807, 2.05) is 60.7 Å². The van der Waals surface area contributed by atoms with Crippen molar-refractivity contribution in [2.45, 2.75) is 24.7 Å². The summed E-state index contributed by atoms with van der Waals surface area (Å²) in [5.41, 5.74) is 4.48. The SMILES string of the molecule is O=C1CSc2ccc(C(=O)NCc3ccc(COCc4ccccc4)cc3)cc2N1. The van der Waals surface area contributed by atoms with Gasteiger partial charge in [0.05, 0.1) is 24.7 Å². The van der Waals surface area contributed by atoms with Gasteiger partial charge in [-0.1, -0.05) is 54.6 Å². The summed E-state index contributed by atoms with van der Waals surface area (Å²) in [6, 6.07) is 23.5. The Kier molecular flexibility index (Phi) is 6.47. The van der Waals surface area contributed by atoms with Gasteiger partial charge in [0.25, 0.3) is 5.91 Å². The van der Waals surface area contributed by atoms with Crippen molar-refractivity contribution in [2.24, 2.45) is 0 Å². The van der Waals surface area contributed by atoms with E-state index in [-0.39, 0.29) is 11.8 Å². The summed E-state index contributed by atoms with van der Waals surface area (Å²) in [4.78, 5) is 25.0. The number of fused-ring (bicyclic) bond motifs is 1. The summed E-state index contributed by atoms with van der Waals surface area (Å²) < 4.78 is 5.75. The van der Waals surface area contributed by atoms with Crippen LogP contribution in [0.4, 0.5) is 5.69 Å². The normalized spacial score (nSPS) is 12.7. The van der Waals surface area contributed by atoms with Gasteiger partial charge in [-0.15, -0.1) is 11.8 Å². The van der Waals surface area contributed by atoms with Gasteiger partial charge in [-0.25, -0.2) is 0 Å². The first kappa shape index (κ1) is 20.2. The Bertz CT molecular complexity index is 1040. The Balaban J connectivity index is 1.27. The number of hydrogen-bond acceptors (Lipinski definition) is 4. The maximum Gasteiger partial charge on any atom is 0.251 e. The predicted molar refractivity (Wildman–Crippen MR) is 118 cm³/mol. The second kappa shape index (κ2) is 9.61. The molecule has 3 aromatic rings. The highest BCUT2D eigenvalue weighted by Crippen LogP contribution is 2.31. The quantitative estimate of drug-likeness (QED) is 0.598. The molecule has 4 rings (SSSR count). The third-order valence-corrected chi connectivity index (χ3v) is 5.80. The minimum absolute atomic E-state index is 0.0436. The van der Waals surface area contributed by atoms with Crippen molar-refractivity contribution in [3.8, 4) is 0 Å². The molecule has 1 aliphatic heterocycles. The number of ether oxygens (including phenoxy) is 1. The van der Waals surface area contributed by atoms with Crippen LogP contribution in [0.25, 0.3) is 0 Å². The third kappa shape index (κ3) is 5.28. The molecular formula is C24H22N2O3S. The molecule has 0 saturated heterocycles. The highest BCUT2D eigenvalue weighted by molar-refractivity contribution is 8.00. The second-order valence-corrected chi connectivity index (χ2v) is 8.04. The van der Waals surface area contributed by atoms with Gasteiger partial charge in [0.15, 0.2) is 0 Å². The third-order valence-electron chi connectivity index (χ3n) is 4.73. The first-order valence-corrected chi connectivity index (χ1v) is 10.7. The van der Waals surface area contributed by atoms with E-state index in [4.69, 9.17) is 4.74 Å². The Morgan fingerprint density at radius 3 is 2.40 bits per heavy atom. The van der Waals surface area contributed by atoms with E-state index in [2.05, 4.69) is 10.6 Å². The molecule has 1 aliphatic rings. The van der Waals surface area contributed by atoms with Crippen molar-refractivity contribution in [1.29, 1.82) is 0 Å². The molecule has 3 aromatic carbocycles. The lowest BCUT2D eigenvalue weighted by Gasteiger charge is -2.17. The molecule has 6 heteroatoms. The maximum atomic E-state index is 12.5. The molecule has 0 aromatic heterocycles. The molecule has 2 amide bonds. The molecule has 1 heterocycles. The van der Waals surface area contributed by atoms with Gasteiger partial charge in [0.1, 0.15) is 0 Å². The number of hydrogen-bond donors (Lipinski definition) is 2. The van der Waals surface area contributed by atoms with E-state index in [1.54, 1.807) is 12.1 Å². The number of carbonyl (C=O) groups is 2. The molecule has 0 atom stereocenters. The summed E-state index contributed by atoms with van der Waals surface area (Å²) in [5, 5.41) is 5.74. The van der Waals surface area contributed by atoms with Crippen LogP contribution in [-0.4, -0.2) is 17.6 Å². The van der Waals surface area contributed by atoms with Crippen molar-refractivity contribution in [2.75, 3.05) is 11.1 Å². The summed E-state index contributed by atoms with van der Waals surface area (Å²) in [6.07, 6.45) is 0. The van der Waals surface area contributed by atoms with Crippen LogP contribution in [0.15, 0.2) is 77.7 Å². The van der Waals surface area contributed by atoms with Gasteiger partial charge in [-0.2, -0.15) is 0 Å². The van der Waals surface area contributed by atoms with Gasteiger partial charge in [-0.3, -0.25) is 9.59 Å². The van der Waals surface area contributed by atoms with Crippen molar-refractivity contribution in [3.63, 3.8) is 0 Å². The number of nitrogens with one attached hydrogen (secondary N) is 2. The van der Waals surface area contributed by atoms with Gasteiger partial charge in [0, 0.05) is 17.0 Å². The van der Waals surface area contributed by atoms with Crippen LogP contribution in [0.5, 0.6) is 0 Å². The number of benzene rings is 3. The molecule has 152 valence electrons. The Morgan fingerprint density at radius 1 is 0.933 bits per heavy atom. The molecule has 0 radical (unpaired) electrons. The van der Waals surface area contributed by atoms with Gasteiger partial charge in [0.2, 0.25) is 5.91 Å². The van der Waals surface area contributed by atoms with E-state index in [0.29, 0.717) is 36.8 Å². The average Bonchev–Trinajstić information content (AvgIpc) is 2.78. The van der Waals surface area contributed by atoms with Crippen LogP contribution in [-0.2, 0) is 29.3 Å². The molecule has 0 spiro atoms. The van der Waals surface area contributed by atoms with E-state index in [1.165, 1.54) is 11.8 Å². The highest BCUT2D eigenvalue weighted by atomic mass is 32.2. The van der Waals surface area contributed by atoms with Crippen LogP contribution in [0, 0.1) is 0 Å². The topological polar surface area (TPSA) is 67.4 Å². The first-order chi connectivity index (χ1) is 14.7. The monoisotopic (exact) mass is 418 g/mol. The summed E-state index contributed by atoms with van der Waals surface area (Å²) in [6.45, 7) is 1.56. The minimum atomic E-state index is -0.169. The lowest BCUT2D eigenvalue weighted by atomic mass is 10.1. The maximum absolute atomic E-state index is 12.5. The average molecular weight is 419 g/mol. The van der Waals surface area contributed by atoms with E-state index in [0.717, 1.165) is 21.6 Å². The zero-order valence-electron chi connectivity index (χ0n) is 16.4. The zero-order valence-corrected chi connectivity index (χ0v) is 17.2. The highest BCUT2D eigenvalue weighted by Gasteiger charge is 2.17. The first-order valence-electron chi connectivity index (χ1n) is 9.72. The van der Waals surface area contributed by atoms with Crippen molar-refractivity contribution >= 4 is 29.3 Å². The molecule has 5 nitrogen and oxygen atoms in total. The molecule has 0 saturated carbocycles.